The van der Waals surface area contributed by atoms with E-state index in [1.807, 2.05) is 0 Å². The van der Waals surface area contributed by atoms with Gasteiger partial charge in [-0.1, -0.05) is 0 Å². The van der Waals surface area contributed by atoms with E-state index in [-0.39, 0.29) is 24.3 Å². The van der Waals surface area contributed by atoms with Crippen molar-refractivity contribution in [2.24, 2.45) is 11.8 Å². The van der Waals surface area contributed by atoms with Crippen molar-refractivity contribution >= 4 is 11.8 Å². The van der Waals surface area contributed by atoms with Crippen molar-refractivity contribution in [2.75, 3.05) is 32.7 Å². The van der Waals surface area contributed by atoms with Crippen LogP contribution in [0, 0.1) is 5.92 Å². The molecule has 2 rings (SSSR count). The van der Waals surface area contributed by atoms with Gasteiger partial charge in [-0.15, -0.1) is 0 Å². The molecule has 2 fully saturated rings. The first kappa shape index (κ1) is 15.2. The molecule has 0 radical (unpaired) electrons. The van der Waals surface area contributed by atoms with Gasteiger partial charge in [0.1, 0.15) is 0 Å². The molecule has 0 saturated carbocycles. The lowest BCUT2D eigenvalue weighted by Gasteiger charge is -2.32. The summed E-state index contributed by atoms with van der Waals surface area (Å²) in [6.07, 6.45) is -0.330. The maximum atomic E-state index is 12.1. The first-order valence-electron chi connectivity index (χ1n) is 6.88. The summed E-state index contributed by atoms with van der Waals surface area (Å²) in [5.41, 5.74) is 2.14. The van der Waals surface area contributed by atoms with Gasteiger partial charge < -0.3 is 15.1 Å². The van der Waals surface area contributed by atoms with Crippen molar-refractivity contribution in [1.82, 2.24) is 15.2 Å². The molecule has 2 aliphatic rings. The molecule has 2 heterocycles. The molecule has 0 aliphatic carbocycles. The highest BCUT2D eigenvalue weighted by atomic mass is 16.3. The van der Waals surface area contributed by atoms with E-state index in [2.05, 4.69) is 5.43 Å². The lowest BCUT2D eigenvalue weighted by molar-refractivity contribution is -0.136. The Kier molecular flexibility index (Phi) is 4.92. The molecule has 5 N–H and O–H groups in total. The Balaban J connectivity index is 1.76. The van der Waals surface area contributed by atoms with E-state index in [1.54, 1.807) is 9.80 Å². The Morgan fingerprint density at radius 1 is 1.15 bits per heavy atom. The summed E-state index contributed by atoms with van der Waals surface area (Å²) in [5, 5.41) is 18.9. The number of amides is 2. The Morgan fingerprint density at radius 2 is 1.70 bits per heavy atom. The summed E-state index contributed by atoms with van der Waals surface area (Å²) in [5.74, 6) is 4.77. The summed E-state index contributed by atoms with van der Waals surface area (Å²) in [6, 6.07) is 0. The molecule has 2 saturated heterocycles. The summed E-state index contributed by atoms with van der Waals surface area (Å²) >= 11 is 0. The van der Waals surface area contributed by atoms with E-state index in [0.29, 0.717) is 39.0 Å². The van der Waals surface area contributed by atoms with Crippen molar-refractivity contribution in [3.63, 3.8) is 0 Å². The molecule has 2 unspecified atom stereocenters. The van der Waals surface area contributed by atoms with E-state index in [4.69, 9.17) is 5.84 Å². The number of hydrogen-bond acceptors (Lipinski definition) is 6. The van der Waals surface area contributed by atoms with Gasteiger partial charge in [0.25, 0.3) is 0 Å². The predicted molar refractivity (Wildman–Crippen MR) is 70.1 cm³/mol. The fourth-order valence-corrected chi connectivity index (χ4v) is 2.78. The minimum atomic E-state index is -0.776. The number of carbonyl (C=O) groups is 2. The Morgan fingerprint density at radius 3 is 2.20 bits per heavy atom. The van der Waals surface area contributed by atoms with E-state index in [1.165, 1.54) is 0 Å². The summed E-state index contributed by atoms with van der Waals surface area (Å²) < 4.78 is 0. The molecule has 2 aliphatic heterocycles. The van der Waals surface area contributed by atoms with Gasteiger partial charge in [0.05, 0.1) is 18.8 Å². The van der Waals surface area contributed by atoms with Crippen molar-refractivity contribution in [2.45, 2.75) is 25.0 Å². The van der Waals surface area contributed by atoms with Crippen LogP contribution in [-0.4, -0.2) is 76.8 Å². The van der Waals surface area contributed by atoms with Crippen LogP contribution in [0.15, 0.2) is 0 Å². The standard InChI is InChI=1S/C12H22N4O4/c13-14-12(20)8-1-3-16(4-2-8)11(19)7-15-5-9(17)10(18)6-15/h8-10,17-18H,1-7,13H2,(H,14,20). The van der Waals surface area contributed by atoms with Crippen LogP contribution in [0.25, 0.3) is 0 Å². The van der Waals surface area contributed by atoms with Crippen molar-refractivity contribution < 1.29 is 19.8 Å². The van der Waals surface area contributed by atoms with Gasteiger partial charge in [-0.05, 0) is 12.8 Å². The maximum Gasteiger partial charge on any atom is 0.237 e. The lowest BCUT2D eigenvalue weighted by Crippen LogP contribution is -2.47. The van der Waals surface area contributed by atoms with Gasteiger partial charge in [-0.2, -0.15) is 0 Å². The first-order chi connectivity index (χ1) is 9.51. The molecule has 0 aromatic heterocycles. The number of piperidine rings is 1. The van der Waals surface area contributed by atoms with Crippen molar-refractivity contribution in [3.05, 3.63) is 0 Å². The van der Waals surface area contributed by atoms with Crippen LogP contribution in [-0.2, 0) is 9.59 Å². The Labute approximate surface area is 117 Å². The van der Waals surface area contributed by atoms with Gasteiger partial charge in [0, 0.05) is 32.1 Å². The normalized spacial score (nSPS) is 28.6. The number of nitrogens with zero attached hydrogens (tertiary/aromatic N) is 2. The van der Waals surface area contributed by atoms with Gasteiger partial charge >= 0.3 is 0 Å². The number of nitrogens with two attached hydrogens (primary N) is 1. The minimum absolute atomic E-state index is 0.0297. The quantitative estimate of drug-likeness (QED) is 0.254. The molecule has 20 heavy (non-hydrogen) atoms. The summed E-state index contributed by atoms with van der Waals surface area (Å²) in [4.78, 5) is 27.0. The third-order valence-corrected chi connectivity index (χ3v) is 4.05. The van der Waals surface area contributed by atoms with E-state index in [9.17, 15) is 19.8 Å². The highest BCUT2D eigenvalue weighted by Gasteiger charge is 2.32. The Hall–Kier alpha value is -1.22. The van der Waals surface area contributed by atoms with Crippen LogP contribution >= 0.6 is 0 Å². The van der Waals surface area contributed by atoms with Crippen LogP contribution in [0.1, 0.15) is 12.8 Å². The molecule has 0 spiro atoms. The van der Waals surface area contributed by atoms with Gasteiger partial charge in [-0.25, -0.2) is 5.84 Å². The third-order valence-electron chi connectivity index (χ3n) is 4.05. The fourth-order valence-electron chi connectivity index (χ4n) is 2.78. The fraction of sp³-hybridized carbons (Fsp3) is 0.833. The zero-order valence-electron chi connectivity index (χ0n) is 11.4. The zero-order chi connectivity index (χ0) is 14.7. The summed E-state index contributed by atoms with van der Waals surface area (Å²) in [6.45, 7) is 1.91. The van der Waals surface area contributed by atoms with E-state index >= 15 is 0 Å². The average molecular weight is 286 g/mol. The van der Waals surface area contributed by atoms with Crippen LogP contribution in [0.3, 0.4) is 0 Å². The van der Waals surface area contributed by atoms with Crippen molar-refractivity contribution in [1.29, 1.82) is 0 Å². The van der Waals surface area contributed by atoms with E-state index in [0.717, 1.165) is 0 Å². The third kappa shape index (κ3) is 3.45. The highest BCUT2D eigenvalue weighted by Crippen LogP contribution is 2.18. The number of rotatable bonds is 3. The number of hydrazine groups is 1. The van der Waals surface area contributed by atoms with Gasteiger partial charge in [0.15, 0.2) is 0 Å². The second kappa shape index (κ2) is 6.49. The maximum absolute atomic E-state index is 12.1. The number of aliphatic hydroxyl groups excluding tert-OH is 2. The molecule has 0 bridgehead atoms. The van der Waals surface area contributed by atoms with Crippen LogP contribution in [0.5, 0.6) is 0 Å². The molecule has 114 valence electrons. The number of β-amino-alcohol motifs (C(OH)–C–C–N with tert-alkyl or cyclic N) is 2. The lowest BCUT2D eigenvalue weighted by atomic mass is 9.96. The highest BCUT2D eigenvalue weighted by molar-refractivity contribution is 5.80. The topological polar surface area (TPSA) is 119 Å². The number of carbonyl (C=O) groups excluding carboxylic acids is 2. The Bertz CT molecular complexity index is 360. The molecule has 8 nitrogen and oxygen atoms in total. The number of hydrogen-bond donors (Lipinski definition) is 4. The van der Waals surface area contributed by atoms with Gasteiger partial charge in [0.2, 0.25) is 11.8 Å². The monoisotopic (exact) mass is 286 g/mol. The number of aliphatic hydroxyl groups is 2. The molecule has 2 atom stereocenters. The minimum Gasteiger partial charge on any atom is -0.389 e. The first-order valence-corrected chi connectivity index (χ1v) is 6.88. The number of likely N-dealkylation sites (tertiary alicyclic amines) is 2. The van der Waals surface area contributed by atoms with E-state index < -0.39 is 12.2 Å². The molecule has 0 aromatic rings. The zero-order valence-corrected chi connectivity index (χ0v) is 11.4. The molecule has 8 heteroatoms. The molecule has 0 aromatic carbocycles. The predicted octanol–water partition coefficient (Wildman–Crippen LogP) is -2.75. The average Bonchev–Trinajstić information content (AvgIpc) is 2.76. The molecular formula is C12H22N4O4. The SMILES string of the molecule is NNC(=O)C1CCN(C(=O)CN2CC(O)C(O)C2)CC1. The van der Waals surface area contributed by atoms with Crippen LogP contribution in [0.4, 0.5) is 0 Å². The van der Waals surface area contributed by atoms with Gasteiger partial charge in [-0.3, -0.25) is 19.9 Å². The molecular weight excluding hydrogens is 264 g/mol. The number of nitrogens with one attached hydrogen (secondary N) is 1. The second-order valence-electron chi connectivity index (χ2n) is 5.49. The second-order valence-corrected chi connectivity index (χ2v) is 5.49. The smallest absolute Gasteiger partial charge is 0.237 e. The largest absolute Gasteiger partial charge is 0.389 e. The van der Waals surface area contributed by atoms with Crippen molar-refractivity contribution in [3.8, 4) is 0 Å². The molecule has 2 amide bonds. The van der Waals surface area contributed by atoms with Crippen LogP contribution < -0.4 is 11.3 Å². The van der Waals surface area contributed by atoms with Crippen LogP contribution in [0.2, 0.25) is 0 Å². The summed E-state index contributed by atoms with van der Waals surface area (Å²) in [7, 11) is 0.